The van der Waals surface area contributed by atoms with Gasteiger partial charge < -0.3 is 4.42 Å². The van der Waals surface area contributed by atoms with Gasteiger partial charge in [-0.25, -0.2) is 0 Å². The molecule has 3 rings (SSSR count). The number of unbranched alkanes of at least 4 members (excludes halogenated alkanes) is 2. The van der Waals surface area contributed by atoms with Crippen molar-refractivity contribution in [2.45, 2.75) is 52.4 Å². The third-order valence-electron chi connectivity index (χ3n) is 4.46. The fourth-order valence-electron chi connectivity index (χ4n) is 2.85. The highest BCUT2D eigenvalue weighted by atomic mass is 16.4. The Morgan fingerprint density at radius 3 is 1.40 bits per heavy atom. The van der Waals surface area contributed by atoms with Crippen molar-refractivity contribution in [2.75, 3.05) is 0 Å². The van der Waals surface area contributed by atoms with E-state index in [4.69, 9.17) is 4.42 Å². The Balaban J connectivity index is 1.71. The lowest BCUT2D eigenvalue weighted by Gasteiger charge is -2.01. The Labute approximate surface area is 150 Å². The zero-order chi connectivity index (χ0) is 17.5. The highest BCUT2D eigenvalue weighted by Crippen LogP contribution is 2.25. The molecule has 0 aliphatic heterocycles. The zero-order valence-electron chi connectivity index (χ0n) is 15.2. The van der Waals surface area contributed by atoms with Crippen molar-refractivity contribution < 1.29 is 4.42 Å². The Bertz CT molecular complexity index is 707. The van der Waals surface area contributed by atoms with Crippen molar-refractivity contribution >= 4 is 0 Å². The Hall–Kier alpha value is -2.42. The normalized spacial score (nSPS) is 11.0. The molecule has 3 nitrogen and oxygen atoms in total. The van der Waals surface area contributed by atoms with Crippen LogP contribution < -0.4 is 0 Å². The molecule has 0 unspecified atom stereocenters. The summed E-state index contributed by atoms with van der Waals surface area (Å²) in [6.07, 6.45) is 7.11. The largest absolute Gasteiger partial charge is 0.416 e. The lowest BCUT2D eigenvalue weighted by Crippen LogP contribution is -1.85. The molecule has 25 heavy (non-hydrogen) atoms. The van der Waals surface area contributed by atoms with E-state index in [-0.39, 0.29) is 0 Å². The molecule has 0 spiro atoms. The third-order valence-corrected chi connectivity index (χ3v) is 4.46. The van der Waals surface area contributed by atoms with Crippen molar-refractivity contribution in [3.8, 4) is 22.9 Å². The van der Waals surface area contributed by atoms with Crippen LogP contribution >= 0.6 is 0 Å². The fourth-order valence-corrected chi connectivity index (χ4v) is 2.85. The van der Waals surface area contributed by atoms with Crippen LogP contribution in [0.2, 0.25) is 0 Å². The summed E-state index contributed by atoms with van der Waals surface area (Å²) < 4.78 is 5.88. The molecule has 0 radical (unpaired) electrons. The van der Waals surface area contributed by atoms with E-state index in [1.165, 1.54) is 36.8 Å². The summed E-state index contributed by atoms with van der Waals surface area (Å²) in [4.78, 5) is 0. The second-order valence-corrected chi connectivity index (χ2v) is 6.51. The predicted molar refractivity (Wildman–Crippen MR) is 102 cm³/mol. The van der Waals surface area contributed by atoms with Crippen LogP contribution in [0.5, 0.6) is 0 Å². The Morgan fingerprint density at radius 2 is 1.04 bits per heavy atom. The average Bonchev–Trinajstić information content (AvgIpc) is 3.15. The molecular formula is C22H26N2O. The highest BCUT2D eigenvalue weighted by molar-refractivity contribution is 5.58. The monoisotopic (exact) mass is 334 g/mol. The number of aromatic nitrogens is 2. The summed E-state index contributed by atoms with van der Waals surface area (Å²) in [5.74, 6) is 1.15. The molecule has 0 aliphatic carbocycles. The number of benzene rings is 2. The molecule has 0 bridgehead atoms. The van der Waals surface area contributed by atoms with Crippen molar-refractivity contribution in [2.24, 2.45) is 0 Å². The van der Waals surface area contributed by atoms with Gasteiger partial charge in [-0.15, -0.1) is 10.2 Å². The maximum Gasteiger partial charge on any atom is 0.248 e. The minimum absolute atomic E-state index is 0.576. The second kappa shape index (κ2) is 8.61. The SMILES string of the molecule is CCCCc1ccc(-c2nnc(-c3ccc(CCCC)cc3)o2)cc1. The molecule has 130 valence electrons. The molecule has 3 aromatic rings. The summed E-state index contributed by atoms with van der Waals surface area (Å²) in [7, 11) is 0. The first-order valence-corrected chi connectivity index (χ1v) is 9.32. The van der Waals surface area contributed by atoms with Gasteiger partial charge in [-0.1, -0.05) is 51.0 Å². The van der Waals surface area contributed by atoms with Gasteiger partial charge in [0.2, 0.25) is 11.8 Å². The van der Waals surface area contributed by atoms with Gasteiger partial charge in [-0.3, -0.25) is 0 Å². The summed E-state index contributed by atoms with van der Waals surface area (Å²) in [5, 5.41) is 8.42. The number of nitrogens with zero attached hydrogens (tertiary/aromatic N) is 2. The fraction of sp³-hybridized carbons (Fsp3) is 0.364. The van der Waals surface area contributed by atoms with Crippen LogP contribution in [0.25, 0.3) is 22.9 Å². The standard InChI is InChI=1S/C22H26N2O/c1-3-5-7-17-9-13-19(14-10-17)21-23-24-22(25-21)20-15-11-18(12-16-20)8-6-4-2/h9-16H,3-8H2,1-2H3. The molecule has 0 saturated carbocycles. The van der Waals surface area contributed by atoms with Crippen LogP contribution in [0.3, 0.4) is 0 Å². The van der Waals surface area contributed by atoms with Crippen molar-refractivity contribution in [3.63, 3.8) is 0 Å². The topological polar surface area (TPSA) is 38.9 Å². The molecule has 3 heteroatoms. The van der Waals surface area contributed by atoms with Gasteiger partial charge in [0.15, 0.2) is 0 Å². The van der Waals surface area contributed by atoms with E-state index in [1.807, 2.05) is 0 Å². The number of aryl methyl sites for hydroxylation is 2. The van der Waals surface area contributed by atoms with E-state index in [0.29, 0.717) is 11.8 Å². The average molecular weight is 334 g/mol. The number of hydrogen-bond donors (Lipinski definition) is 0. The molecule has 2 aromatic carbocycles. The Kier molecular flexibility index (Phi) is 5.99. The van der Waals surface area contributed by atoms with Gasteiger partial charge in [-0.2, -0.15) is 0 Å². The van der Waals surface area contributed by atoms with Gasteiger partial charge in [0.05, 0.1) is 0 Å². The van der Waals surface area contributed by atoms with Gasteiger partial charge in [0, 0.05) is 11.1 Å². The lowest BCUT2D eigenvalue weighted by molar-refractivity contribution is 0.584. The van der Waals surface area contributed by atoms with Crippen LogP contribution in [0.1, 0.15) is 50.7 Å². The summed E-state index contributed by atoms with van der Waals surface area (Å²) in [6.45, 7) is 4.43. The third kappa shape index (κ3) is 4.56. The zero-order valence-corrected chi connectivity index (χ0v) is 15.2. The maximum atomic E-state index is 5.88. The van der Waals surface area contributed by atoms with Crippen LogP contribution in [0.4, 0.5) is 0 Å². The molecule has 0 atom stereocenters. The molecule has 0 saturated heterocycles. The maximum absolute atomic E-state index is 5.88. The van der Waals surface area contributed by atoms with Gasteiger partial charge in [-0.05, 0) is 61.1 Å². The summed E-state index contributed by atoms with van der Waals surface area (Å²) >= 11 is 0. The minimum atomic E-state index is 0.576. The summed E-state index contributed by atoms with van der Waals surface area (Å²) in [5.41, 5.74) is 4.65. The molecule has 0 amide bonds. The van der Waals surface area contributed by atoms with Crippen LogP contribution in [-0.4, -0.2) is 10.2 Å². The van der Waals surface area contributed by atoms with Crippen molar-refractivity contribution in [1.82, 2.24) is 10.2 Å². The quantitative estimate of drug-likeness (QED) is 0.500. The van der Waals surface area contributed by atoms with Crippen LogP contribution in [0.15, 0.2) is 52.9 Å². The Morgan fingerprint density at radius 1 is 0.640 bits per heavy atom. The predicted octanol–water partition coefficient (Wildman–Crippen LogP) is 6.09. The molecular weight excluding hydrogens is 308 g/mol. The smallest absolute Gasteiger partial charge is 0.248 e. The van der Waals surface area contributed by atoms with E-state index >= 15 is 0 Å². The summed E-state index contributed by atoms with van der Waals surface area (Å²) in [6, 6.07) is 16.9. The minimum Gasteiger partial charge on any atom is -0.416 e. The van der Waals surface area contributed by atoms with Gasteiger partial charge in [0.1, 0.15) is 0 Å². The lowest BCUT2D eigenvalue weighted by atomic mass is 10.1. The van der Waals surface area contributed by atoms with Crippen molar-refractivity contribution in [3.05, 3.63) is 59.7 Å². The molecule has 0 aliphatic rings. The number of hydrogen-bond acceptors (Lipinski definition) is 3. The highest BCUT2D eigenvalue weighted by Gasteiger charge is 2.10. The van der Waals surface area contributed by atoms with Crippen molar-refractivity contribution in [1.29, 1.82) is 0 Å². The first-order chi connectivity index (χ1) is 12.3. The van der Waals surface area contributed by atoms with Crippen LogP contribution in [0, 0.1) is 0 Å². The van der Waals surface area contributed by atoms with E-state index in [2.05, 4.69) is 72.6 Å². The molecule has 1 heterocycles. The first-order valence-electron chi connectivity index (χ1n) is 9.32. The first kappa shape index (κ1) is 17.4. The van der Waals surface area contributed by atoms with E-state index in [9.17, 15) is 0 Å². The molecule has 0 N–H and O–H groups in total. The van der Waals surface area contributed by atoms with Crippen LogP contribution in [-0.2, 0) is 12.8 Å². The number of rotatable bonds is 8. The van der Waals surface area contributed by atoms with E-state index < -0.39 is 0 Å². The molecule has 0 fully saturated rings. The van der Waals surface area contributed by atoms with Gasteiger partial charge in [0.25, 0.3) is 0 Å². The molecule has 1 aromatic heterocycles. The second-order valence-electron chi connectivity index (χ2n) is 6.51. The van der Waals surface area contributed by atoms with Gasteiger partial charge >= 0.3 is 0 Å². The van der Waals surface area contributed by atoms with E-state index in [0.717, 1.165) is 24.0 Å². The van der Waals surface area contributed by atoms with E-state index in [1.54, 1.807) is 0 Å².